The van der Waals surface area contributed by atoms with E-state index >= 15 is 0 Å². The van der Waals surface area contributed by atoms with Gasteiger partial charge in [0.05, 0.1) is 5.56 Å². The molecule has 96 valence electrons. The molecule has 0 aliphatic carbocycles. The Balaban J connectivity index is 1.91. The van der Waals surface area contributed by atoms with Crippen LogP contribution in [-0.4, -0.2) is 6.54 Å². The van der Waals surface area contributed by atoms with E-state index in [1.807, 2.05) is 36.4 Å². The van der Waals surface area contributed by atoms with Gasteiger partial charge in [-0.05, 0) is 58.2 Å². The van der Waals surface area contributed by atoms with E-state index in [1.165, 1.54) is 5.56 Å². The number of nitriles is 1. The maximum Gasteiger partial charge on any atom is 0.100 e. The van der Waals surface area contributed by atoms with E-state index in [1.54, 1.807) is 6.07 Å². The molecule has 0 heterocycles. The Morgan fingerprint density at radius 1 is 1.16 bits per heavy atom. The number of nitrogens with zero attached hydrogens (tertiary/aromatic N) is 1. The number of halogens is 1. The lowest BCUT2D eigenvalue weighted by Gasteiger charge is -2.07. The Bertz CT molecular complexity index is 600. The summed E-state index contributed by atoms with van der Waals surface area (Å²) < 4.78 is 0.812. The number of hydrogen-bond acceptors (Lipinski definition) is 3. The van der Waals surface area contributed by atoms with E-state index in [0.717, 1.165) is 28.8 Å². The molecule has 2 aromatic carbocycles. The van der Waals surface area contributed by atoms with Crippen LogP contribution in [0.15, 0.2) is 46.9 Å². The molecule has 3 N–H and O–H groups in total. The fourth-order valence-corrected chi connectivity index (χ4v) is 2.22. The zero-order valence-corrected chi connectivity index (χ0v) is 11.9. The fourth-order valence-electron chi connectivity index (χ4n) is 1.75. The standard InChI is InChI=1S/C15H14BrN3/c16-15-9-14(6-3-12(15)10-17)19-8-7-11-1-4-13(18)5-2-11/h1-6,9,19H,7-8,18H2. The highest BCUT2D eigenvalue weighted by molar-refractivity contribution is 9.10. The van der Waals surface area contributed by atoms with Crippen LogP contribution in [0, 0.1) is 11.3 Å². The largest absolute Gasteiger partial charge is 0.399 e. The van der Waals surface area contributed by atoms with Crippen LogP contribution in [0.1, 0.15) is 11.1 Å². The van der Waals surface area contributed by atoms with Gasteiger partial charge in [-0.3, -0.25) is 0 Å². The first kappa shape index (κ1) is 13.4. The number of nitrogens with one attached hydrogen (secondary N) is 1. The third-order valence-electron chi connectivity index (χ3n) is 2.81. The van der Waals surface area contributed by atoms with Crippen molar-refractivity contribution in [1.29, 1.82) is 5.26 Å². The molecule has 0 radical (unpaired) electrons. The van der Waals surface area contributed by atoms with Gasteiger partial charge in [0.1, 0.15) is 6.07 Å². The Labute approximate surface area is 121 Å². The number of nitrogen functional groups attached to an aromatic ring is 1. The number of anilines is 2. The molecule has 2 aromatic rings. The van der Waals surface area contributed by atoms with Crippen LogP contribution in [0.3, 0.4) is 0 Å². The fraction of sp³-hybridized carbons (Fsp3) is 0.133. The molecule has 3 nitrogen and oxygen atoms in total. The average molecular weight is 316 g/mol. The Morgan fingerprint density at radius 2 is 1.89 bits per heavy atom. The summed E-state index contributed by atoms with van der Waals surface area (Å²) in [6, 6.07) is 15.6. The van der Waals surface area contributed by atoms with Crippen LogP contribution >= 0.6 is 15.9 Å². The summed E-state index contributed by atoms with van der Waals surface area (Å²) in [5.41, 5.74) is 9.32. The maximum absolute atomic E-state index is 8.85. The average Bonchev–Trinajstić information content (AvgIpc) is 2.41. The second-order valence-electron chi connectivity index (χ2n) is 4.22. The van der Waals surface area contributed by atoms with Crippen molar-refractivity contribution in [2.45, 2.75) is 6.42 Å². The van der Waals surface area contributed by atoms with Crippen LogP contribution < -0.4 is 11.1 Å². The third-order valence-corrected chi connectivity index (χ3v) is 3.47. The molecular weight excluding hydrogens is 302 g/mol. The highest BCUT2D eigenvalue weighted by Crippen LogP contribution is 2.20. The lowest BCUT2D eigenvalue weighted by atomic mass is 10.1. The highest BCUT2D eigenvalue weighted by atomic mass is 79.9. The SMILES string of the molecule is N#Cc1ccc(NCCc2ccc(N)cc2)cc1Br. The molecule has 0 aliphatic heterocycles. The summed E-state index contributed by atoms with van der Waals surface area (Å²) in [5, 5.41) is 12.2. The molecule has 0 spiro atoms. The second kappa shape index (κ2) is 6.26. The van der Waals surface area contributed by atoms with Crippen molar-refractivity contribution in [3.05, 3.63) is 58.1 Å². The number of rotatable bonds is 4. The minimum Gasteiger partial charge on any atom is -0.399 e. The molecule has 0 aromatic heterocycles. The molecule has 0 bridgehead atoms. The predicted molar refractivity (Wildman–Crippen MR) is 81.9 cm³/mol. The van der Waals surface area contributed by atoms with Crippen molar-refractivity contribution in [3.8, 4) is 6.07 Å². The predicted octanol–water partition coefficient (Wildman–Crippen LogP) is 3.56. The van der Waals surface area contributed by atoms with E-state index in [2.05, 4.69) is 27.3 Å². The molecule has 4 heteroatoms. The zero-order chi connectivity index (χ0) is 13.7. The lowest BCUT2D eigenvalue weighted by molar-refractivity contribution is 1.02. The Kier molecular flexibility index (Phi) is 4.43. The number of benzene rings is 2. The van der Waals surface area contributed by atoms with Gasteiger partial charge in [0.15, 0.2) is 0 Å². The van der Waals surface area contributed by atoms with E-state index in [4.69, 9.17) is 11.0 Å². The van der Waals surface area contributed by atoms with Gasteiger partial charge < -0.3 is 11.1 Å². The van der Waals surface area contributed by atoms with E-state index in [-0.39, 0.29) is 0 Å². The molecule has 0 aliphatic rings. The van der Waals surface area contributed by atoms with Gasteiger partial charge in [-0.2, -0.15) is 5.26 Å². The van der Waals surface area contributed by atoms with Crippen LogP contribution in [0.2, 0.25) is 0 Å². The molecule has 0 atom stereocenters. The monoisotopic (exact) mass is 315 g/mol. The molecule has 0 amide bonds. The first-order valence-corrected chi connectivity index (χ1v) is 6.76. The van der Waals surface area contributed by atoms with Crippen LogP contribution in [0.25, 0.3) is 0 Å². The van der Waals surface area contributed by atoms with Gasteiger partial charge in [0.2, 0.25) is 0 Å². The molecule has 0 unspecified atom stereocenters. The van der Waals surface area contributed by atoms with Crippen LogP contribution in [-0.2, 0) is 6.42 Å². The third kappa shape index (κ3) is 3.73. The van der Waals surface area contributed by atoms with E-state index < -0.39 is 0 Å². The van der Waals surface area contributed by atoms with Gasteiger partial charge in [0.25, 0.3) is 0 Å². The minimum atomic E-state index is 0.643. The first-order chi connectivity index (χ1) is 9.19. The van der Waals surface area contributed by atoms with Crippen molar-refractivity contribution < 1.29 is 0 Å². The summed E-state index contributed by atoms with van der Waals surface area (Å²) in [6.07, 6.45) is 0.928. The van der Waals surface area contributed by atoms with E-state index in [9.17, 15) is 0 Å². The zero-order valence-electron chi connectivity index (χ0n) is 10.4. The van der Waals surface area contributed by atoms with Gasteiger partial charge in [0, 0.05) is 22.4 Å². The normalized spacial score (nSPS) is 9.89. The smallest absolute Gasteiger partial charge is 0.100 e. The Morgan fingerprint density at radius 3 is 2.53 bits per heavy atom. The van der Waals surface area contributed by atoms with Crippen molar-refractivity contribution in [2.24, 2.45) is 0 Å². The summed E-state index contributed by atoms with van der Waals surface area (Å²) in [4.78, 5) is 0. The van der Waals surface area contributed by atoms with Crippen molar-refractivity contribution in [2.75, 3.05) is 17.6 Å². The van der Waals surface area contributed by atoms with E-state index in [0.29, 0.717) is 5.56 Å². The second-order valence-corrected chi connectivity index (χ2v) is 5.08. The highest BCUT2D eigenvalue weighted by Gasteiger charge is 2.00. The Hall–Kier alpha value is -1.99. The number of nitrogens with two attached hydrogens (primary N) is 1. The molecule has 19 heavy (non-hydrogen) atoms. The van der Waals surface area contributed by atoms with Gasteiger partial charge in [-0.25, -0.2) is 0 Å². The quantitative estimate of drug-likeness (QED) is 0.848. The maximum atomic E-state index is 8.85. The van der Waals surface area contributed by atoms with Crippen LogP contribution in [0.4, 0.5) is 11.4 Å². The minimum absolute atomic E-state index is 0.643. The number of hydrogen-bond donors (Lipinski definition) is 2. The molecular formula is C15H14BrN3. The molecule has 0 saturated heterocycles. The molecule has 0 saturated carbocycles. The summed E-state index contributed by atoms with van der Waals surface area (Å²) in [7, 11) is 0. The summed E-state index contributed by atoms with van der Waals surface area (Å²) in [6.45, 7) is 0.836. The lowest BCUT2D eigenvalue weighted by Crippen LogP contribution is -2.05. The van der Waals surface area contributed by atoms with Crippen molar-refractivity contribution in [1.82, 2.24) is 0 Å². The van der Waals surface area contributed by atoms with Crippen LogP contribution in [0.5, 0.6) is 0 Å². The molecule has 0 fully saturated rings. The topological polar surface area (TPSA) is 61.8 Å². The van der Waals surface area contributed by atoms with Gasteiger partial charge >= 0.3 is 0 Å². The summed E-state index contributed by atoms with van der Waals surface area (Å²) in [5.74, 6) is 0. The van der Waals surface area contributed by atoms with Gasteiger partial charge in [-0.15, -0.1) is 0 Å². The van der Waals surface area contributed by atoms with Gasteiger partial charge in [-0.1, -0.05) is 12.1 Å². The molecule has 2 rings (SSSR count). The summed E-state index contributed by atoms with van der Waals surface area (Å²) >= 11 is 3.38. The first-order valence-electron chi connectivity index (χ1n) is 5.97. The van der Waals surface area contributed by atoms with Crippen molar-refractivity contribution in [3.63, 3.8) is 0 Å². The van der Waals surface area contributed by atoms with Crippen molar-refractivity contribution >= 4 is 27.3 Å².